The van der Waals surface area contributed by atoms with Crippen molar-refractivity contribution in [3.63, 3.8) is 0 Å². The second kappa shape index (κ2) is 4.14. The van der Waals surface area contributed by atoms with Crippen molar-refractivity contribution in [2.24, 2.45) is 0 Å². The quantitative estimate of drug-likeness (QED) is 0.484. The summed E-state index contributed by atoms with van der Waals surface area (Å²) in [7, 11) is 0. The van der Waals surface area contributed by atoms with E-state index >= 15 is 0 Å². The van der Waals surface area contributed by atoms with E-state index in [1.807, 2.05) is 19.1 Å². The zero-order valence-corrected chi connectivity index (χ0v) is 7.30. The summed E-state index contributed by atoms with van der Waals surface area (Å²) < 4.78 is 0. The molecule has 0 fully saturated rings. The van der Waals surface area contributed by atoms with Crippen LogP contribution in [-0.4, -0.2) is 10.7 Å². The second-order valence-corrected chi connectivity index (χ2v) is 3.01. The molecule has 1 heteroatoms. The lowest BCUT2D eigenvalue weighted by Crippen LogP contribution is -2.18. The lowest BCUT2D eigenvalue weighted by atomic mass is 10.0. The Bertz CT molecular complexity index is 175. The van der Waals surface area contributed by atoms with Gasteiger partial charge in [-0.05, 0) is 20.3 Å². The molecule has 1 nitrogen and oxygen atoms in total. The van der Waals surface area contributed by atoms with E-state index in [0.717, 1.165) is 5.57 Å². The molecule has 0 heterocycles. The van der Waals surface area contributed by atoms with Gasteiger partial charge >= 0.3 is 0 Å². The van der Waals surface area contributed by atoms with Crippen LogP contribution in [0.5, 0.6) is 0 Å². The molecule has 0 saturated heterocycles. The van der Waals surface area contributed by atoms with Gasteiger partial charge in [-0.3, -0.25) is 0 Å². The molecule has 0 spiro atoms. The molecule has 0 aliphatic rings. The first-order valence-electron chi connectivity index (χ1n) is 3.66. The van der Waals surface area contributed by atoms with Crippen LogP contribution >= 0.6 is 0 Å². The molecule has 0 rings (SSSR count). The van der Waals surface area contributed by atoms with Crippen molar-refractivity contribution < 1.29 is 5.11 Å². The molecule has 0 bridgehead atoms. The van der Waals surface area contributed by atoms with Crippen molar-refractivity contribution in [2.45, 2.75) is 25.9 Å². The summed E-state index contributed by atoms with van der Waals surface area (Å²) in [4.78, 5) is 0. The molecular weight excluding hydrogens is 136 g/mol. The first kappa shape index (κ1) is 10.2. The molecule has 62 valence electrons. The highest BCUT2D eigenvalue weighted by molar-refractivity contribution is 5.12. The minimum Gasteiger partial charge on any atom is -0.386 e. The van der Waals surface area contributed by atoms with Crippen LogP contribution in [0.25, 0.3) is 0 Å². The zero-order chi connectivity index (χ0) is 8.91. The van der Waals surface area contributed by atoms with E-state index in [2.05, 4.69) is 13.2 Å². The summed E-state index contributed by atoms with van der Waals surface area (Å²) in [6.45, 7) is 10.9. The van der Waals surface area contributed by atoms with E-state index in [0.29, 0.717) is 6.42 Å². The summed E-state index contributed by atoms with van der Waals surface area (Å²) in [6, 6.07) is 0. The van der Waals surface area contributed by atoms with E-state index in [-0.39, 0.29) is 0 Å². The average Bonchev–Trinajstić information content (AvgIpc) is 1.87. The highest BCUT2D eigenvalue weighted by Gasteiger charge is 2.11. The maximum absolute atomic E-state index is 9.44. The lowest BCUT2D eigenvalue weighted by molar-refractivity contribution is 0.115. The Hall–Kier alpha value is -0.820. The smallest absolute Gasteiger partial charge is 0.0831 e. The Kier molecular flexibility index (Phi) is 3.83. The minimum atomic E-state index is -0.786. The number of hydrogen-bond donors (Lipinski definition) is 1. The number of hydrogen-bond acceptors (Lipinski definition) is 1. The molecular formula is C10H16O. The number of aliphatic hydroxyl groups is 1. The van der Waals surface area contributed by atoms with Crippen LogP contribution in [0.15, 0.2) is 37.0 Å². The summed E-state index contributed by atoms with van der Waals surface area (Å²) in [5, 5.41) is 9.44. The Labute approximate surface area is 68.7 Å². The highest BCUT2D eigenvalue weighted by atomic mass is 16.3. The molecule has 1 atom stereocenters. The molecule has 0 unspecified atom stereocenters. The van der Waals surface area contributed by atoms with Crippen molar-refractivity contribution in [1.82, 2.24) is 0 Å². The Balaban J connectivity index is 3.87. The largest absolute Gasteiger partial charge is 0.386 e. The standard InChI is InChI=1S/C10H16O/c1-5-10(4,11)8-6-7-9(2)3/h5-7,11H,1-2,8H2,3-4H3/b7-6+/t10-/m0/s1. The van der Waals surface area contributed by atoms with Crippen LogP contribution < -0.4 is 0 Å². The molecule has 0 aliphatic heterocycles. The van der Waals surface area contributed by atoms with Crippen molar-refractivity contribution in [3.05, 3.63) is 37.0 Å². The van der Waals surface area contributed by atoms with Crippen molar-refractivity contribution in [2.75, 3.05) is 0 Å². The summed E-state index contributed by atoms with van der Waals surface area (Å²) >= 11 is 0. The Morgan fingerprint density at radius 1 is 1.64 bits per heavy atom. The predicted octanol–water partition coefficient (Wildman–Crippen LogP) is 2.45. The third kappa shape index (κ3) is 5.62. The van der Waals surface area contributed by atoms with E-state index in [9.17, 15) is 5.11 Å². The van der Waals surface area contributed by atoms with E-state index < -0.39 is 5.60 Å². The average molecular weight is 152 g/mol. The topological polar surface area (TPSA) is 20.2 Å². The molecule has 11 heavy (non-hydrogen) atoms. The van der Waals surface area contributed by atoms with Crippen LogP contribution in [0.3, 0.4) is 0 Å². The van der Waals surface area contributed by atoms with Crippen LogP contribution in [-0.2, 0) is 0 Å². The van der Waals surface area contributed by atoms with Crippen LogP contribution in [0.2, 0.25) is 0 Å². The first-order chi connectivity index (χ1) is 4.98. The van der Waals surface area contributed by atoms with E-state index in [1.54, 1.807) is 6.92 Å². The third-order valence-electron chi connectivity index (χ3n) is 1.37. The van der Waals surface area contributed by atoms with Gasteiger partial charge in [0.2, 0.25) is 0 Å². The van der Waals surface area contributed by atoms with Gasteiger partial charge in [-0.2, -0.15) is 0 Å². The van der Waals surface area contributed by atoms with Crippen molar-refractivity contribution in [3.8, 4) is 0 Å². The molecule has 0 amide bonds. The van der Waals surface area contributed by atoms with Gasteiger partial charge in [0.25, 0.3) is 0 Å². The summed E-state index contributed by atoms with van der Waals surface area (Å²) in [5.74, 6) is 0. The fourth-order valence-electron chi connectivity index (χ4n) is 0.582. The van der Waals surface area contributed by atoms with Gasteiger partial charge in [0.1, 0.15) is 0 Å². The minimum absolute atomic E-state index is 0.587. The normalized spacial score (nSPS) is 16.3. The van der Waals surface area contributed by atoms with Gasteiger partial charge in [-0.25, -0.2) is 0 Å². The monoisotopic (exact) mass is 152 g/mol. The van der Waals surface area contributed by atoms with Gasteiger partial charge in [0, 0.05) is 0 Å². The number of rotatable bonds is 4. The molecule has 0 aromatic carbocycles. The molecule has 0 saturated carbocycles. The Morgan fingerprint density at radius 2 is 2.18 bits per heavy atom. The van der Waals surface area contributed by atoms with Gasteiger partial charge in [-0.1, -0.05) is 30.4 Å². The number of allylic oxidation sites excluding steroid dienone is 2. The molecule has 0 radical (unpaired) electrons. The fourth-order valence-corrected chi connectivity index (χ4v) is 0.582. The van der Waals surface area contributed by atoms with Gasteiger partial charge < -0.3 is 5.11 Å². The highest BCUT2D eigenvalue weighted by Crippen LogP contribution is 2.10. The molecule has 0 aromatic rings. The van der Waals surface area contributed by atoms with Gasteiger partial charge in [0.05, 0.1) is 5.60 Å². The van der Waals surface area contributed by atoms with Crippen LogP contribution in [0.1, 0.15) is 20.3 Å². The second-order valence-electron chi connectivity index (χ2n) is 3.01. The predicted molar refractivity (Wildman–Crippen MR) is 49.4 cm³/mol. The van der Waals surface area contributed by atoms with Gasteiger partial charge in [-0.15, -0.1) is 6.58 Å². The maximum atomic E-state index is 9.44. The lowest BCUT2D eigenvalue weighted by Gasteiger charge is -2.14. The van der Waals surface area contributed by atoms with E-state index in [4.69, 9.17) is 0 Å². The van der Waals surface area contributed by atoms with E-state index in [1.165, 1.54) is 6.08 Å². The molecule has 1 N–H and O–H groups in total. The van der Waals surface area contributed by atoms with Crippen molar-refractivity contribution in [1.29, 1.82) is 0 Å². The fraction of sp³-hybridized carbons (Fsp3) is 0.400. The first-order valence-corrected chi connectivity index (χ1v) is 3.66. The molecule has 0 aliphatic carbocycles. The summed E-state index contributed by atoms with van der Waals surface area (Å²) in [5.41, 5.74) is 0.205. The summed E-state index contributed by atoms with van der Waals surface area (Å²) in [6.07, 6.45) is 5.90. The third-order valence-corrected chi connectivity index (χ3v) is 1.37. The zero-order valence-electron chi connectivity index (χ0n) is 7.30. The SMILES string of the molecule is C=C[C@](C)(O)C/C=C/C(=C)C. The van der Waals surface area contributed by atoms with Crippen molar-refractivity contribution >= 4 is 0 Å². The van der Waals surface area contributed by atoms with Crippen LogP contribution in [0, 0.1) is 0 Å². The Morgan fingerprint density at radius 3 is 2.55 bits per heavy atom. The maximum Gasteiger partial charge on any atom is 0.0831 e. The van der Waals surface area contributed by atoms with Gasteiger partial charge in [0.15, 0.2) is 0 Å². The molecule has 0 aromatic heterocycles. The van der Waals surface area contributed by atoms with Crippen LogP contribution in [0.4, 0.5) is 0 Å².